The van der Waals surface area contributed by atoms with Crippen LogP contribution < -0.4 is 5.32 Å². The van der Waals surface area contributed by atoms with Crippen LogP contribution in [0, 0.1) is 5.92 Å². The van der Waals surface area contributed by atoms with Crippen molar-refractivity contribution in [1.29, 1.82) is 0 Å². The van der Waals surface area contributed by atoms with Gasteiger partial charge >= 0.3 is 0 Å². The molecular weight excluding hydrogens is 418 g/mol. The van der Waals surface area contributed by atoms with E-state index in [0.29, 0.717) is 43.5 Å². The number of carbonyl (C=O) groups excluding carboxylic acids is 2. The molecule has 7 heteroatoms. The van der Waals surface area contributed by atoms with E-state index < -0.39 is 6.10 Å². The number of fused-ring (bicyclic) bond motifs is 1. The van der Waals surface area contributed by atoms with E-state index in [1.807, 2.05) is 46.7 Å². The molecular formula is C26H33N3O4. The Hall–Kier alpha value is -2.64. The minimum Gasteiger partial charge on any atom is -0.391 e. The SMILES string of the molecule is CC[C@@H](NC(=O)c1cc(C(=O)N2CCC[C@@H]2C(O)C2CC2)n2c1COCC2)c1ccccc1. The van der Waals surface area contributed by atoms with Crippen molar-refractivity contribution in [3.05, 3.63) is 58.9 Å². The standard InChI is InChI=1S/C26H33N3O4/c1-2-20(17-7-4-3-5-8-17)27-25(31)19-15-22(28-13-14-33-16-23(19)28)26(32)29-12-6-9-21(29)24(30)18-10-11-18/h3-5,7-8,15,18,20-21,24,30H,2,6,9-14,16H2,1H3,(H,27,31)/t20-,21-,24?/m1/s1. The molecule has 2 amide bonds. The van der Waals surface area contributed by atoms with E-state index in [9.17, 15) is 14.7 Å². The van der Waals surface area contributed by atoms with Gasteiger partial charge in [-0.25, -0.2) is 0 Å². The van der Waals surface area contributed by atoms with Crippen LogP contribution in [0.15, 0.2) is 36.4 Å². The molecule has 0 radical (unpaired) electrons. The predicted molar refractivity (Wildman–Crippen MR) is 124 cm³/mol. The van der Waals surface area contributed by atoms with Gasteiger partial charge in [-0.05, 0) is 49.7 Å². The molecule has 7 nitrogen and oxygen atoms in total. The molecule has 3 aliphatic rings. The summed E-state index contributed by atoms with van der Waals surface area (Å²) in [5.41, 5.74) is 2.85. The van der Waals surface area contributed by atoms with E-state index >= 15 is 0 Å². The van der Waals surface area contributed by atoms with Crippen molar-refractivity contribution in [3.8, 4) is 0 Å². The topological polar surface area (TPSA) is 83.8 Å². The Morgan fingerprint density at radius 2 is 1.97 bits per heavy atom. The van der Waals surface area contributed by atoms with Crippen LogP contribution in [0.2, 0.25) is 0 Å². The largest absolute Gasteiger partial charge is 0.391 e. The van der Waals surface area contributed by atoms with Gasteiger partial charge in [0.15, 0.2) is 0 Å². The van der Waals surface area contributed by atoms with Crippen LogP contribution >= 0.6 is 0 Å². The van der Waals surface area contributed by atoms with Crippen LogP contribution in [-0.4, -0.2) is 51.7 Å². The predicted octanol–water partition coefficient (Wildman–Crippen LogP) is 3.27. The number of rotatable bonds is 7. The van der Waals surface area contributed by atoms with E-state index in [4.69, 9.17) is 4.74 Å². The first-order valence-electron chi connectivity index (χ1n) is 12.2. The van der Waals surface area contributed by atoms with Gasteiger partial charge in [-0.2, -0.15) is 0 Å². The summed E-state index contributed by atoms with van der Waals surface area (Å²) in [4.78, 5) is 28.8. The van der Waals surface area contributed by atoms with Gasteiger partial charge < -0.3 is 24.6 Å². The molecule has 1 aromatic heterocycles. The van der Waals surface area contributed by atoms with E-state index in [0.717, 1.165) is 43.4 Å². The summed E-state index contributed by atoms with van der Waals surface area (Å²) in [6, 6.07) is 11.4. The van der Waals surface area contributed by atoms with Gasteiger partial charge in [-0.1, -0.05) is 37.3 Å². The van der Waals surface area contributed by atoms with Crippen LogP contribution in [0.5, 0.6) is 0 Å². The molecule has 33 heavy (non-hydrogen) atoms. The highest BCUT2D eigenvalue weighted by atomic mass is 16.5. The zero-order chi connectivity index (χ0) is 22.9. The average Bonchev–Trinajstić information content (AvgIpc) is 3.46. The normalized spacial score (nSPS) is 22.0. The van der Waals surface area contributed by atoms with Gasteiger partial charge in [0, 0.05) is 13.1 Å². The number of nitrogens with one attached hydrogen (secondary N) is 1. The Morgan fingerprint density at radius 3 is 2.70 bits per heavy atom. The number of aliphatic hydroxyl groups is 1. The van der Waals surface area contributed by atoms with Crippen LogP contribution in [0.25, 0.3) is 0 Å². The van der Waals surface area contributed by atoms with Crippen LogP contribution in [0.4, 0.5) is 0 Å². The minimum absolute atomic E-state index is 0.0884. The Morgan fingerprint density at radius 1 is 1.18 bits per heavy atom. The monoisotopic (exact) mass is 451 g/mol. The second kappa shape index (κ2) is 9.31. The molecule has 2 aliphatic heterocycles. The molecule has 0 spiro atoms. The molecule has 176 valence electrons. The third-order valence-corrected chi connectivity index (χ3v) is 7.35. The molecule has 1 saturated heterocycles. The van der Waals surface area contributed by atoms with Crippen molar-refractivity contribution in [3.63, 3.8) is 0 Å². The van der Waals surface area contributed by atoms with Crippen molar-refractivity contribution < 1.29 is 19.4 Å². The number of carbonyl (C=O) groups is 2. The van der Waals surface area contributed by atoms with E-state index in [2.05, 4.69) is 5.32 Å². The first-order valence-corrected chi connectivity index (χ1v) is 12.2. The molecule has 2 fully saturated rings. The van der Waals surface area contributed by atoms with Gasteiger partial charge in [-0.3, -0.25) is 9.59 Å². The van der Waals surface area contributed by atoms with Gasteiger partial charge in [0.05, 0.1) is 42.7 Å². The molecule has 1 aromatic carbocycles. The summed E-state index contributed by atoms with van der Waals surface area (Å²) in [6.07, 6.45) is 4.14. The maximum Gasteiger partial charge on any atom is 0.270 e. The number of nitrogens with zero attached hydrogens (tertiary/aromatic N) is 2. The number of likely N-dealkylation sites (tertiary alicyclic amines) is 1. The molecule has 1 unspecified atom stereocenters. The fourth-order valence-electron chi connectivity index (χ4n) is 5.34. The van der Waals surface area contributed by atoms with Crippen molar-refractivity contribution in [2.45, 2.75) is 70.4 Å². The van der Waals surface area contributed by atoms with Crippen molar-refractivity contribution in [2.75, 3.05) is 13.2 Å². The molecule has 5 rings (SSSR count). The second-order valence-corrected chi connectivity index (χ2v) is 9.48. The summed E-state index contributed by atoms with van der Waals surface area (Å²) in [6.45, 7) is 4.07. The number of benzene rings is 1. The van der Waals surface area contributed by atoms with Gasteiger partial charge in [-0.15, -0.1) is 0 Å². The highest BCUT2D eigenvalue weighted by Gasteiger charge is 2.42. The number of amides is 2. The summed E-state index contributed by atoms with van der Waals surface area (Å²) in [5, 5.41) is 13.9. The quantitative estimate of drug-likeness (QED) is 0.677. The van der Waals surface area contributed by atoms with E-state index in [1.165, 1.54) is 0 Å². The Kier molecular flexibility index (Phi) is 6.25. The van der Waals surface area contributed by atoms with Crippen LogP contribution in [0.1, 0.15) is 77.2 Å². The Balaban J connectivity index is 1.41. The van der Waals surface area contributed by atoms with Crippen LogP contribution in [0.3, 0.4) is 0 Å². The number of aromatic nitrogens is 1. The summed E-state index contributed by atoms with van der Waals surface area (Å²) in [5.74, 6) is 0.0489. The highest BCUT2D eigenvalue weighted by molar-refractivity contribution is 6.01. The lowest BCUT2D eigenvalue weighted by atomic mass is 10.0. The van der Waals surface area contributed by atoms with Gasteiger partial charge in [0.1, 0.15) is 5.69 Å². The third-order valence-electron chi connectivity index (χ3n) is 7.35. The minimum atomic E-state index is -0.450. The lowest BCUT2D eigenvalue weighted by Gasteiger charge is -2.29. The number of aliphatic hydroxyl groups excluding tert-OH is 1. The van der Waals surface area contributed by atoms with Gasteiger partial charge in [0.25, 0.3) is 11.8 Å². The summed E-state index contributed by atoms with van der Waals surface area (Å²) in [7, 11) is 0. The summed E-state index contributed by atoms with van der Waals surface area (Å²) >= 11 is 0. The molecule has 1 aliphatic carbocycles. The molecule has 3 atom stereocenters. The maximum atomic E-state index is 13.6. The van der Waals surface area contributed by atoms with Crippen molar-refractivity contribution in [2.24, 2.45) is 5.92 Å². The van der Waals surface area contributed by atoms with Crippen molar-refractivity contribution in [1.82, 2.24) is 14.8 Å². The molecule has 2 aromatic rings. The summed E-state index contributed by atoms with van der Waals surface area (Å²) < 4.78 is 7.60. The fourth-order valence-corrected chi connectivity index (χ4v) is 5.34. The van der Waals surface area contributed by atoms with Crippen molar-refractivity contribution >= 4 is 11.8 Å². The Labute approximate surface area is 194 Å². The second-order valence-electron chi connectivity index (χ2n) is 9.48. The molecule has 1 saturated carbocycles. The highest BCUT2D eigenvalue weighted by Crippen LogP contribution is 2.38. The lowest BCUT2D eigenvalue weighted by molar-refractivity contribution is 0.0398. The fraction of sp³-hybridized carbons (Fsp3) is 0.538. The molecule has 2 N–H and O–H groups in total. The Bertz CT molecular complexity index is 1010. The lowest BCUT2D eigenvalue weighted by Crippen LogP contribution is -2.44. The van der Waals surface area contributed by atoms with E-state index in [-0.39, 0.29) is 23.9 Å². The average molecular weight is 452 g/mol. The first kappa shape index (κ1) is 22.2. The zero-order valence-electron chi connectivity index (χ0n) is 19.2. The number of hydrogen-bond acceptors (Lipinski definition) is 4. The smallest absolute Gasteiger partial charge is 0.270 e. The number of ether oxygens (including phenoxy) is 1. The first-order chi connectivity index (χ1) is 16.1. The van der Waals surface area contributed by atoms with Gasteiger partial charge in [0.2, 0.25) is 0 Å². The number of hydrogen-bond donors (Lipinski definition) is 2. The van der Waals surface area contributed by atoms with E-state index in [1.54, 1.807) is 6.07 Å². The van der Waals surface area contributed by atoms with Crippen LogP contribution in [-0.2, 0) is 17.9 Å². The zero-order valence-corrected chi connectivity index (χ0v) is 19.2. The third kappa shape index (κ3) is 4.32. The maximum absolute atomic E-state index is 13.6. The molecule has 0 bridgehead atoms. The molecule has 3 heterocycles.